The molecule has 0 aliphatic carbocycles. The van der Waals surface area contributed by atoms with E-state index in [2.05, 4.69) is 38.8 Å². The van der Waals surface area contributed by atoms with Gasteiger partial charge in [0.2, 0.25) is 0 Å². The molecule has 0 fully saturated rings. The number of carbonyl (C=O) groups is 1. The molecule has 5 heteroatoms. The molecule has 1 aromatic heterocycles. The number of hydrogen-bond acceptors (Lipinski definition) is 2. The number of carboxylic acid groups (broad SMARTS) is 1. The van der Waals surface area contributed by atoms with E-state index in [1.54, 1.807) is 0 Å². The predicted molar refractivity (Wildman–Crippen MR) is 96.8 cm³/mol. The molecule has 0 spiro atoms. The van der Waals surface area contributed by atoms with Crippen LogP contribution in [0.1, 0.15) is 39.0 Å². The van der Waals surface area contributed by atoms with Crippen molar-refractivity contribution in [3.8, 4) is 5.75 Å². The third kappa shape index (κ3) is 3.44. The maximum absolute atomic E-state index is 11.3. The first-order valence-corrected chi connectivity index (χ1v) is 11.0. The number of rotatable bonds is 5. The molecule has 1 heterocycles. The summed E-state index contributed by atoms with van der Waals surface area (Å²) in [5.41, 5.74) is 2.78. The minimum Gasteiger partial charge on any atom is -0.543 e. The summed E-state index contributed by atoms with van der Waals surface area (Å²) >= 11 is 0. The molecule has 0 unspecified atom stereocenters. The Labute approximate surface area is 139 Å². The van der Waals surface area contributed by atoms with Crippen LogP contribution in [0.2, 0.25) is 18.1 Å². The minimum absolute atomic E-state index is 0.0149. The van der Waals surface area contributed by atoms with Crippen molar-refractivity contribution in [2.45, 2.75) is 58.7 Å². The fourth-order valence-corrected chi connectivity index (χ4v) is 3.52. The second kappa shape index (κ2) is 6.04. The summed E-state index contributed by atoms with van der Waals surface area (Å²) in [5, 5.41) is 10.3. The molecule has 2 aromatic rings. The second-order valence-electron chi connectivity index (χ2n) is 7.55. The molecule has 23 heavy (non-hydrogen) atoms. The SMILES string of the molecule is CCc1[nH]c2cccc(O[Si](C)(C)C(C)(C)C)c2c1CC(=O)O. The van der Waals surface area contributed by atoms with Gasteiger partial charge in [-0.25, -0.2) is 0 Å². The van der Waals surface area contributed by atoms with Gasteiger partial charge >= 0.3 is 5.97 Å². The van der Waals surface area contributed by atoms with Crippen LogP contribution in [0.4, 0.5) is 0 Å². The molecule has 2 N–H and O–H groups in total. The normalized spacial score (nSPS) is 12.6. The Morgan fingerprint density at radius 3 is 2.48 bits per heavy atom. The summed E-state index contributed by atoms with van der Waals surface area (Å²) < 4.78 is 6.49. The average molecular weight is 334 g/mol. The second-order valence-corrected chi connectivity index (χ2v) is 12.3. The van der Waals surface area contributed by atoms with Crippen molar-refractivity contribution < 1.29 is 14.3 Å². The number of carboxylic acids is 1. The molecule has 1 aromatic carbocycles. The minimum atomic E-state index is -1.99. The van der Waals surface area contributed by atoms with Gasteiger partial charge < -0.3 is 14.5 Å². The third-order valence-corrected chi connectivity index (χ3v) is 9.17. The van der Waals surface area contributed by atoms with Crippen LogP contribution in [0.25, 0.3) is 10.9 Å². The molecule has 126 valence electrons. The summed E-state index contributed by atoms with van der Waals surface area (Å²) in [5.74, 6) is -0.0102. The van der Waals surface area contributed by atoms with Gasteiger partial charge in [-0.3, -0.25) is 4.79 Å². The molecule has 0 saturated carbocycles. The van der Waals surface area contributed by atoms with Crippen LogP contribution < -0.4 is 4.43 Å². The fourth-order valence-electron chi connectivity index (χ4n) is 2.50. The van der Waals surface area contributed by atoms with Crippen molar-refractivity contribution in [2.75, 3.05) is 0 Å². The van der Waals surface area contributed by atoms with Crippen LogP contribution in [0.5, 0.6) is 5.75 Å². The van der Waals surface area contributed by atoms with Gasteiger partial charge in [0, 0.05) is 16.6 Å². The van der Waals surface area contributed by atoms with Crippen LogP contribution in [0, 0.1) is 0 Å². The summed E-state index contributed by atoms with van der Waals surface area (Å²) in [7, 11) is -1.99. The van der Waals surface area contributed by atoms with Gasteiger partial charge in [-0.2, -0.15) is 0 Å². The largest absolute Gasteiger partial charge is 0.543 e. The summed E-state index contributed by atoms with van der Waals surface area (Å²) in [6, 6.07) is 5.91. The van der Waals surface area contributed by atoms with Gasteiger partial charge in [0.1, 0.15) is 5.75 Å². The van der Waals surface area contributed by atoms with Crippen LogP contribution in [0.3, 0.4) is 0 Å². The average Bonchev–Trinajstić information content (AvgIpc) is 2.75. The molecule has 0 bridgehead atoms. The Balaban J connectivity index is 2.61. The van der Waals surface area contributed by atoms with E-state index >= 15 is 0 Å². The lowest BCUT2D eigenvalue weighted by atomic mass is 10.1. The van der Waals surface area contributed by atoms with Gasteiger partial charge in [0.15, 0.2) is 0 Å². The lowest BCUT2D eigenvalue weighted by Crippen LogP contribution is -2.43. The molecular weight excluding hydrogens is 306 g/mol. The zero-order valence-corrected chi connectivity index (χ0v) is 15.9. The van der Waals surface area contributed by atoms with Crippen molar-refractivity contribution in [2.24, 2.45) is 0 Å². The number of benzene rings is 1. The molecule has 0 radical (unpaired) electrons. The Morgan fingerprint density at radius 1 is 1.30 bits per heavy atom. The van der Waals surface area contributed by atoms with Crippen molar-refractivity contribution >= 4 is 25.2 Å². The Hall–Kier alpha value is -1.75. The topological polar surface area (TPSA) is 62.3 Å². The lowest BCUT2D eigenvalue weighted by Gasteiger charge is -2.36. The maximum Gasteiger partial charge on any atom is 0.307 e. The van der Waals surface area contributed by atoms with Gasteiger partial charge in [0.25, 0.3) is 8.32 Å². The van der Waals surface area contributed by atoms with E-state index < -0.39 is 14.3 Å². The van der Waals surface area contributed by atoms with E-state index in [1.165, 1.54) is 0 Å². The third-order valence-electron chi connectivity index (χ3n) is 4.83. The number of aryl methyl sites for hydroxylation is 1. The molecule has 4 nitrogen and oxygen atoms in total. The highest BCUT2D eigenvalue weighted by molar-refractivity contribution is 6.74. The smallest absolute Gasteiger partial charge is 0.307 e. The van der Waals surface area contributed by atoms with E-state index in [9.17, 15) is 9.90 Å². The van der Waals surface area contributed by atoms with E-state index in [-0.39, 0.29) is 11.5 Å². The van der Waals surface area contributed by atoms with Crippen LogP contribution in [-0.4, -0.2) is 24.4 Å². The van der Waals surface area contributed by atoms with Gasteiger partial charge in [-0.1, -0.05) is 33.8 Å². The molecule has 0 aliphatic heterocycles. The summed E-state index contributed by atoms with van der Waals surface area (Å²) in [6.07, 6.45) is 0.790. The number of aromatic nitrogens is 1. The first-order valence-electron chi connectivity index (χ1n) is 8.10. The summed E-state index contributed by atoms with van der Waals surface area (Å²) in [4.78, 5) is 14.6. The number of aliphatic carboxylic acids is 1. The van der Waals surface area contributed by atoms with Crippen LogP contribution in [0.15, 0.2) is 18.2 Å². The van der Waals surface area contributed by atoms with Gasteiger partial charge in [-0.05, 0) is 42.2 Å². The highest BCUT2D eigenvalue weighted by atomic mass is 28.4. The first kappa shape index (κ1) is 17.6. The molecule has 0 aliphatic rings. The van der Waals surface area contributed by atoms with Crippen molar-refractivity contribution in [3.05, 3.63) is 29.5 Å². The highest BCUT2D eigenvalue weighted by Gasteiger charge is 2.39. The summed E-state index contributed by atoms with van der Waals surface area (Å²) in [6.45, 7) is 13.0. The number of nitrogens with one attached hydrogen (secondary N) is 1. The fraction of sp³-hybridized carbons (Fsp3) is 0.500. The molecule has 2 rings (SSSR count). The lowest BCUT2D eigenvalue weighted by molar-refractivity contribution is -0.136. The Bertz CT molecular complexity index is 726. The van der Waals surface area contributed by atoms with E-state index in [4.69, 9.17) is 4.43 Å². The number of H-pyrrole nitrogens is 1. The van der Waals surface area contributed by atoms with Crippen molar-refractivity contribution in [1.82, 2.24) is 4.98 Å². The highest BCUT2D eigenvalue weighted by Crippen LogP contribution is 2.40. The van der Waals surface area contributed by atoms with E-state index in [1.807, 2.05) is 25.1 Å². The molecular formula is C18H27NO3Si. The van der Waals surface area contributed by atoms with Gasteiger partial charge in [-0.15, -0.1) is 0 Å². The Morgan fingerprint density at radius 2 is 1.96 bits per heavy atom. The number of hydrogen-bond donors (Lipinski definition) is 2. The number of aromatic amines is 1. The van der Waals surface area contributed by atoms with Crippen molar-refractivity contribution in [1.29, 1.82) is 0 Å². The molecule has 0 amide bonds. The van der Waals surface area contributed by atoms with E-state index in [0.717, 1.165) is 34.3 Å². The number of fused-ring (bicyclic) bond motifs is 1. The van der Waals surface area contributed by atoms with Crippen LogP contribution in [-0.2, 0) is 17.6 Å². The zero-order valence-electron chi connectivity index (χ0n) is 14.9. The standard InChI is InChI=1S/C18H27NO3Si/c1-7-13-12(11-16(20)21)17-14(19-13)9-8-10-15(17)22-23(5,6)18(2,3)4/h8-10,19H,7,11H2,1-6H3,(H,20,21). The Kier molecular flexibility index (Phi) is 4.62. The van der Waals surface area contributed by atoms with E-state index in [0.29, 0.717) is 0 Å². The van der Waals surface area contributed by atoms with Crippen LogP contribution >= 0.6 is 0 Å². The quantitative estimate of drug-likeness (QED) is 0.777. The monoisotopic (exact) mass is 333 g/mol. The molecule has 0 saturated heterocycles. The van der Waals surface area contributed by atoms with Gasteiger partial charge in [0.05, 0.1) is 6.42 Å². The first-order chi connectivity index (χ1) is 10.6. The van der Waals surface area contributed by atoms with Crippen molar-refractivity contribution in [3.63, 3.8) is 0 Å². The zero-order chi connectivity index (χ0) is 17.4. The maximum atomic E-state index is 11.3. The predicted octanol–water partition coefficient (Wildman–Crippen LogP) is 4.74. The molecule has 0 atom stereocenters.